The topological polar surface area (TPSA) is 40.6 Å². The summed E-state index contributed by atoms with van der Waals surface area (Å²) in [6.45, 7) is 4.04. The van der Waals surface area contributed by atoms with Gasteiger partial charge in [0.25, 0.3) is 5.91 Å². The molecule has 5 heteroatoms. The van der Waals surface area contributed by atoms with E-state index in [0.717, 1.165) is 22.4 Å². The van der Waals surface area contributed by atoms with Crippen LogP contribution in [0.4, 0.5) is 10.5 Å². The number of anilines is 1. The molecule has 4 nitrogen and oxygen atoms in total. The molecule has 0 radical (unpaired) electrons. The summed E-state index contributed by atoms with van der Waals surface area (Å²) in [5, 5.41) is 0. The number of amides is 3. The first-order valence-corrected chi connectivity index (χ1v) is 11.6. The van der Waals surface area contributed by atoms with E-state index in [9.17, 15) is 9.59 Å². The van der Waals surface area contributed by atoms with Gasteiger partial charge < -0.3 is 4.90 Å². The highest BCUT2D eigenvalue weighted by molar-refractivity contribution is 7.98. The van der Waals surface area contributed by atoms with E-state index in [4.69, 9.17) is 0 Å². The van der Waals surface area contributed by atoms with E-state index in [1.807, 2.05) is 80.8 Å². The van der Waals surface area contributed by atoms with Crippen molar-refractivity contribution in [2.45, 2.75) is 37.2 Å². The molecule has 3 aromatic rings. The molecule has 0 saturated carbocycles. The maximum absolute atomic E-state index is 13.5. The summed E-state index contributed by atoms with van der Waals surface area (Å²) in [5.41, 5.74) is 3.16. The third-order valence-corrected chi connectivity index (χ3v) is 6.62. The molecular formula is C26H26N2O2S. The van der Waals surface area contributed by atoms with Crippen molar-refractivity contribution in [3.8, 4) is 0 Å². The maximum atomic E-state index is 13.5. The van der Waals surface area contributed by atoms with Gasteiger partial charge in [-0.15, -0.1) is 11.8 Å². The third-order valence-electron chi connectivity index (χ3n) is 5.83. The molecular weight excluding hydrogens is 404 g/mol. The zero-order valence-electron chi connectivity index (χ0n) is 18.0. The first-order valence-electron chi connectivity index (χ1n) is 10.3. The minimum absolute atomic E-state index is 0.195. The summed E-state index contributed by atoms with van der Waals surface area (Å²) in [7, 11) is 0. The van der Waals surface area contributed by atoms with E-state index in [1.165, 1.54) is 22.2 Å². The number of carbonyl (C=O) groups is 2. The largest absolute Gasteiger partial charge is 0.332 e. The lowest BCUT2D eigenvalue weighted by Gasteiger charge is -2.28. The van der Waals surface area contributed by atoms with Crippen LogP contribution in [-0.2, 0) is 17.8 Å². The van der Waals surface area contributed by atoms with Crippen LogP contribution in [0.3, 0.4) is 0 Å². The lowest BCUT2D eigenvalue weighted by molar-refractivity contribution is -0.123. The van der Waals surface area contributed by atoms with Crippen LogP contribution < -0.4 is 4.90 Å². The molecule has 1 saturated heterocycles. The summed E-state index contributed by atoms with van der Waals surface area (Å²) in [6.07, 6.45) is 2.74. The van der Waals surface area contributed by atoms with Gasteiger partial charge in [-0.1, -0.05) is 66.7 Å². The average Bonchev–Trinajstić information content (AvgIpc) is 2.95. The Kier molecular flexibility index (Phi) is 5.88. The van der Waals surface area contributed by atoms with Crippen LogP contribution >= 0.6 is 11.8 Å². The predicted octanol–water partition coefficient (Wildman–Crippen LogP) is 5.75. The molecule has 4 rings (SSSR count). The van der Waals surface area contributed by atoms with E-state index in [1.54, 1.807) is 4.90 Å². The molecule has 0 bridgehead atoms. The van der Waals surface area contributed by atoms with Gasteiger partial charge in [0.05, 0.1) is 5.69 Å². The maximum Gasteiger partial charge on any atom is 0.332 e. The van der Waals surface area contributed by atoms with E-state index >= 15 is 0 Å². The minimum Gasteiger partial charge on any atom is -0.305 e. The van der Waals surface area contributed by atoms with Gasteiger partial charge in [0, 0.05) is 11.4 Å². The number of hydrogen-bond acceptors (Lipinski definition) is 3. The molecule has 158 valence electrons. The van der Waals surface area contributed by atoms with E-state index in [0.29, 0.717) is 12.2 Å². The number of urea groups is 1. The Morgan fingerprint density at radius 3 is 2.13 bits per heavy atom. The van der Waals surface area contributed by atoms with Crippen LogP contribution in [0.5, 0.6) is 0 Å². The molecule has 1 aliphatic rings. The summed E-state index contributed by atoms with van der Waals surface area (Å²) in [5.74, 6) is -0.195. The lowest BCUT2D eigenvalue weighted by Crippen LogP contribution is -2.43. The SMILES string of the molecule is CSc1ccccc1N1C(=O)N(Cc2ccccc2Cc2ccccc2)C(C)(C)C1=O. The number of imide groups is 1. The predicted molar refractivity (Wildman–Crippen MR) is 126 cm³/mol. The summed E-state index contributed by atoms with van der Waals surface area (Å²) < 4.78 is 0. The highest BCUT2D eigenvalue weighted by atomic mass is 32.2. The zero-order valence-corrected chi connectivity index (χ0v) is 18.9. The first-order chi connectivity index (χ1) is 14.9. The fourth-order valence-electron chi connectivity index (χ4n) is 4.00. The van der Waals surface area contributed by atoms with Gasteiger partial charge in [-0.2, -0.15) is 0 Å². The number of nitrogens with zero attached hydrogens (tertiary/aromatic N) is 2. The fourth-order valence-corrected chi connectivity index (χ4v) is 4.58. The van der Waals surface area contributed by atoms with Crippen molar-refractivity contribution in [2.24, 2.45) is 0 Å². The van der Waals surface area contributed by atoms with Crippen LogP contribution in [0.1, 0.15) is 30.5 Å². The fraction of sp³-hybridized carbons (Fsp3) is 0.231. The Morgan fingerprint density at radius 2 is 1.42 bits per heavy atom. The first kappa shape index (κ1) is 21.2. The standard InChI is InChI=1S/C26H26N2O2S/c1-26(2)24(29)28(22-15-9-10-16-23(22)31-3)25(30)27(26)18-21-14-8-7-13-20(21)17-19-11-5-4-6-12-19/h4-16H,17-18H2,1-3H3. The number of benzene rings is 3. The normalized spacial score (nSPS) is 15.6. The Labute approximate surface area is 187 Å². The quantitative estimate of drug-likeness (QED) is 0.369. The van der Waals surface area contributed by atoms with Crippen LogP contribution in [0, 0.1) is 0 Å². The van der Waals surface area contributed by atoms with Crippen molar-refractivity contribution in [3.63, 3.8) is 0 Å². The van der Waals surface area contributed by atoms with Gasteiger partial charge >= 0.3 is 6.03 Å². The molecule has 1 heterocycles. The van der Waals surface area contributed by atoms with Crippen LogP contribution in [-0.4, -0.2) is 28.6 Å². The molecule has 0 unspecified atom stereocenters. The number of hydrogen-bond donors (Lipinski definition) is 0. The molecule has 0 atom stereocenters. The lowest BCUT2D eigenvalue weighted by atomic mass is 9.97. The number of carbonyl (C=O) groups excluding carboxylic acids is 2. The number of rotatable bonds is 6. The second-order valence-corrected chi connectivity index (χ2v) is 9.02. The van der Waals surface area contributed by atoms with Crippen molar-refractivity contribution in [1.82, 2.24) is 4.90 Å². The minimum atomic E-state index is -0.928. The third kappa shape index (κ3) is 3.98. The summed E-state index contributed by atoms with van der Waals surface area (Å²) in [6, 6.07) is 25.7. The van der Waals surface area contributed by atoms with E-state index < -0.39 is 5.54 Å². The van der Waals surface area contributed by atoms with Crippen molar-refractivity contribution in [3.05, 3.63) is 95.6 Å². The number of para-hydroxylation sites is 1. The van der Waals surface area contributed by atoms with Crippen LogP contribution in [0.2, 0.25) is 0 Å². The van der Waals surface area contributed by atoms with E-state index in [-0.39, 0.29) is 11.9 Å². The highest BCUT2D eigenvalue weighted by Gasteiger charge is 2.52. The highest BCUT2D eigenvalue weighted by Crippen LogP contribution is 2.37. The van der Waals surface area contributed by atoms with Gasteiger partial charge in [0.15, 0.2) is 0 Å². The van der Waals surface area contributed by atoms with Crippen molar-refractivity contribution in [2.75, 3.05) is 11.2 Å². The van der Waals surface area contributed by atoms with Gasteiger partial charge in [-0.05, 0) is 55.3 Å². The van der Waals surface area contributed by atoms with Crippen LogP contribution in [0.25, 0.3) is 0 Å². The van der Waals surface area contributed by atoms with Crippen molar-refractivity contribution in [1.29, 1.82) is 0 Å². The Bertz CT molecular complexity index is 1110. The van der Waals surface area contributed by atoms with Crippen LogP contribution in [0.15, 0.2) is 83.8 Å². The molecule has 3 amide bonds. The average molecular weight is 431 g/mol. The smallest absolute Gasteiger partial charge is 0.305 e. The molecule has 3 aromatic carbocycles. The Morgan fingerprint density at radius 1 is 0.806 bits per heavy atom. The Balaban J connectivity index is 1.66. The Hall–Kier alpha value is -3.05. The van der Waals surface area contributed by atoms with Gasteiger partial charge in [0.1, 0.15) is 5.54 Å². The molecule has 0 aromatic heterocycles. The van der Waals surface area contributed by atoms with E-state index in [2.05, 4.69) is 18.2 Å². The molecule has 1 aliphatic heterocycles. The summed E-state index contributed by atoms with van der Waals surface area (Å²) in [4.78, 5) is 30.8. The van der Waals surface area contributed by atoms with Gasteiger partial charge in [0.2, 0.25) is 0 Å². The zero-order chi connectivity index (χ0) is 22.0. The van der Waals surface area contributed by atoms with Gasteiger partial charge in [-0.25, -0.2) is 9.69 Å². The summed E-state index contributed by atoms with van der Waals surface area (Å²) >= 11 is 1.53. The molecule has 0 N–H and O–H groups in total. The molecule has 31 heavy (non-hydrogen) atoms. The molecule has 1 fully saturated rings. The second-order valence-electron chi connectivity index (χ2n) is 8.17. The van der Waals surface area contributed by atoms with Crippen molar-refractivity contribution < 1.29 is 9.59 Å². The van der Waals surface area contributed by atoms with Crippen molar-refractivity contribution >= 4 is 29.4 Å². The molecule has 0 spiro atoms. The second kappa shape index (κ2) is 8.60. The monoisotopic (exact) mass is 430 g/mol. The van der Waals surface area contributed by atoms with Gasteiger partial charge in [-0.3, -0.25) is 4.79 Å². The number of thioether (sulfide) groups is 1. The molecule has 0 aliphatic carbocycles.